The predicted octanol–water partition coefficient (Wildman–Crippen LogP) is 3.30. The van der Waals surface area contributed by atoms with E-state index in [0.29, 0.717) is 5.92 Å². The molecule has 2 rings (SSSR count). The average Bonchev–Trinajstić information content (AvgIpc) is 2.79. The average molecular weight is 310 g/mol. The van der Waals surface area contributed by atoms with Crippen LogP contribution in [0, 0.1) is 12.8 Å². The molecule has 0 bridgehead atoms. The molecular formula is C16H26N2O2S. The zero-order valence-corrected chi connectivity index (χ0v) is 14.3. The molecule has 1 amide bonds. The van der Waals surface area contributed by atoms with Crippen LogP contribution in [0.15, 0.2) is 18.3 Å². The van der Waals surface area contributed by atoms with Gasteiger partial charge in [-0.3, -0.25) is 4.98 Å². The van der Waals surface area contributed by atoms with Crippen LogP contribution < -0.4 is 0 Å². The summed E-state index contributed by atoms with van der Waals surface area (Å²) in [4.78, 5) is 18.1. The first-order valence-corrected chi connectivity index (χ1v) is 7.23. The van der Waals surface area contributed by atoms with E-state index >= 15 is 0 Å². The Labute approximate surface area is 134 Å². The Morgan fingerprint density at radius 1 is 1.43 bits per heavy atom. The molecule has 1 aromatic heterocycles. The van der Waals surface area contributed by atoms with E-state index in [4.69, 9.17) is 4.74 Å². The molecule has 0 saturated carbocycles. The van der Waals surface area contributed by atoms with Crippen molar-refractivity contribution in [3.8, 4) is 0 Å². The smallest absolute Gasteiger partial charge is 0.410 e. The number of likely N-dealkylation sites (tertiary alicyclic amines) is 1. The summed E-state index contributed by atoms with van der Waals surface area (Å²) in [6.07, 6.45) is 3.76. The number of nitrogens with zero attached hydrogens (tertiary/aromatic N) is 2. The summed E-state index contributed by atoms with van der Waals surface area (Å²) in [6, 6.07) is 4.16. The Bertz CT molecular complexity index is 468. The van der Waals surface area contributed by atoms with Gasteiger partial charge in [0.1, 0.15) is 5.60 Å². The summed E-state index contributed by atoms with van der Waals surface area (Å²) in [6.45, 7) is 9.26. The van der Waals surface area contributed by atoms with Crippen LogP contribution in [0.25, 0.3) is 0 Å². The molecule has 1 aliphatic heterocycles. The van der Waals surface area contributed by atoms with E-state index in [1.165, 1.54) is 5.56 Å². The first kappa shape index (κ1) is 17.8. The van der Waals surface area contributed by atoms with E-state index in [2.05, 4.69) is 11.1 Å². The van der Waals surface area contributed by atoms with Crippen molar-refractivity contribution in [2.75, 3.05) is 13.1 Å². The highest BCUT2D eigenvalue weighted by atomic mass is 32.1. The molecule has 1 saturated heterocycles. The summed E-state index contributed by atoms with van der Waals surface area (Å²) < 4.78 is 5.41. The Kier molecular flexibility index (Phi) is 6.08. The number of carbonyl (C=O) groups is 1. The lowest BCUT2D eigenvalue weighted by atomic mass is 10.00. The van der Waals surface area contributed by atoms with Gasteiger partial charge in [-0.25, -0.2) is 4.79 Å². The van der Waals surface area contributed by atoms with Crippen LogP contribution in [0.1, 0.15) is 38.4 Å². The first-order valence-electron chi connectivity index (χ1n) is 7.23. The molecule has 1 fully saturated rings. The van der Waals surface area contributed by atoms with Crippen LogP contribution in [0.2, 0.25) is 0 Å². The standard InChI is InChI=1S/C16H24N2O2.H2S/c1-12-5-6-13(10-17-12)9-14-7-8-18(11-14)15(19)20-16(2,3)4;/h5-6,10,14H,7-9,11H2,1-4H3;1H2. The number of aromatic nitrogens is 1. The second kappa shape index (κ2) is 7.16. The molecule has 0 spiro atoms. The molecular weight excluding hydrogens is 284 g/mol. The van der Waals surface area contributed by atoms with Gasteiger partial charge >= 0.3 is 6.09 Å². The Morgan fingerprint density at radius 2 is 2.14 bits per heavy atom. The fourth-order valence-electron chi connectivity index (χ4n) is 2.44. The summed E-state index contributed by atoms with van der Waals surface area (Å²) in [5, 5.41) is 0. The van der Waals surface area contributed by atoms with Gasteiger partial charge in [-0.05, 0) is 58.1 Å². The maximum absolute atomic E-state index is 12.0. The highest BCUT2D eigenvalue weighted by Gasteiger charge is 2.29. The van der Waals surface area contributed by atoms with E-state index in [1.807, 2.05) is 44.9 Å². The molecule has 0 N–H and O–H groups in total. The van der Waals surface area contributed by atoms with Gasteiger partial charge in [0.25, 0.3) is 0 Å². The minimum absolute atomic E-state index is 0. The summed E-state index contributed by atoms with van der Waals surface area (Å²) >= 11 is 0. The molecule has 4 nitrogen and oxygen atoms in total. The van der Waals surface area contributed by atoms with Crippen LogP contribution >= 0.6 is 13.5 Å². The van der Waals surface area contributed by atoms with Gasteiger partial charge in [0.15, 0.2) is 0 Å². The predicted molar refractivity (Wildman–Crippen MR) is 89.0 cm³/mol. The third-order valence-electron chi connectivity index (χ3n) is 3.43. The van der Waals surface area contributed by atoms with Crippen molar-refractivity contribution in [3.05, 3.63) is 29.6 Å². The number of amides is 1. The number of aryl methyl sites for hydroxylation is 1. The number of rotatable bonds is 2. The summed E-state index contributed by atoms with van der Waals surface area (Å²) in [7, 11) is 0. The third kappa shape index (κ3) is 5.58. The number of carbonyl (C=O) groups excluding carboxylic acids is 1. The van der Waals surface area contributed by atoms with Crippen molar-refractivity contribution < 1.29 is 9.53 Å². The molecule has 0 radical (unpaired) electrons. The van der Waals surface area contributed by atoms with Crippen molar-refractivity contribution >= 4 is 19.6 Å². The van der Waals surface area contributed by atoms with Crippen molar-refractivity contribution in [1.29, 1.82) is 0 Å². The number of ether oxygens (including phenoxy) is 1. The molecule has 1 atom stereocenters. The zero-order chi connectivity index (χ0) is 14.8. The van der Waals surface area contributed by atoms with Gasteiger partial charge in [0, 0.05) is 25.0 Å². The van der Waals surface area contributed by atoms with E-state index in [-0.39, 0.29) is 19.6 Å². The fourth-order valence-corrected chi connectivity index (χ4v) is 2.44. The SMILES string of the molecule is Cc1ccc(CC2CCN(C(=O)OC(C)(C)C)C2)cn1.S. The highest BCUT2D eigenvalue weighted by Crippen LogP contribution is 2.22. The fraction of sp³-hybridized carbons (Fsp3) is 0.625. The molecule has 1 aromatic rings. The zero-order valence-electron chi connectivity index (χ0n) is 13.3. The van der Waals surface area contributed by atoms with Crippen LogP contribution in [0.3, 0.4) is 0 Å². The molecule has 1 unspecified atom stereocenters. The van der Waals surface area contributed by atoms with Gasteiger partial charge in [0.05, 0.1) is 0 Å². The summed E-state index contributed by atoms with van der Waals surface area (Å²) in [5.74, 6) is 0.507. The third-order valence-corrected chi connectivity index (χ3v) is 3.43. The minimum atomic E-state index is -0.421. The van der Waals surface area contributed by atoms with Crippen molar-refractivity contribution in [2.45, 2.75) is 46.1 Å². The van der Waals surface area contributed by atoms with Gasteiger partial charge < -0.3 is 9.64 Å². The second-order valence-corrected chi connectivity index (χ2v) is 6.59. The minimum Gasteiger partial charge on any atom is -0.444 e. The normalized spacial score (nSPS) is 18.3. The van der Waals surface area contributed by atoms with Crippen molar-refractivity contribution in [2.24, 2.45) is 5.92 Å². The monoisotopic (exact) mass is 310 g/mol. The highest BCUT2D eigenvalue weighted by molar-refractivity contribution is 7.59. The van der Waals surface area contributed by atoms with Gasteiger partial charge in [-0.1, -0.05) is 6.07 Å². The van der Waals surface area contributed by atoms with Crippen molar-refractivity contribution in [1.82, 2.24) is 9.88 Å². The topological polar surface area (TPSA) is 42.4 Å². The van der Waals surface area contributed by atoms with Crippen molar-refractivity contribution in [3.63, 3.8) is 0 Å². The van der Waals surface area contributed by atoms with Crippen LogP contribution in [-0.4, -0.2) is 34.7 Å². The van der Waals surface area contributed by atoms with Crippen LogP contribution in [0.4, 0.5) is 4.79 Å². The second-order valence-electron chi connectivity index (χ2n) is 6.59. The maximum Gasteiger partial charge on any atom is 0.410 e. The molecule has 0 aliphatic carbocycles. The van der Waals surface area contributed by atoms with E-state index in [1.54, 1.807) is 0 Å². The lowest BCUT2D eigenvalue weighted by Crippen LogP contribution is -2.35. The molecule has 1 aliphatic rings. The van der Waals surface area contributed by atoms with Crippen LogP contribution in [0.5, 0.6) is 0 Å². The first-order chi connectivity index (χ1) is 9.33. The number of hydrogen-bond donors (Lipinski definition) is 0. The number of hydrogen-bond acceptors (Lipinski definition) is 3. The van der Waals surface area contributed by atoms with Gasteiger partial charge in [-0.15, -0.1) is 0 Å². The molecule has 21 heavy (non-hydrogen) atoms. The largest absolute Gasteiger partial charge is 0.444 e. The van der Waals surface area contributed by atoms with Gasteiger partial charge in [-0.2, -0.15) is 13.5 Å². The lowest BCUT2D eigenvalue weighted by Gasteiger charge is -2.24. The van der Waals surface area contributed by atoms with E-state index in [0.717, 1.165) is 31.6 Å². The van der Waals surface area contributed by atoms with Crippen LogP contribution in [-0.2, 0) is 11.2 Å². The molecule has 0 aromatic carbocycles. The molecule has 2 heterocycles. The Balaban J connectivity index is 0.00000220. The molecule has 5 heteroatoms. The quantitative estimate of drug-likeness (QED) is 0.841. The number of pyridine rings is 1. The molecule has 118 valence electrons. The Hall–Kier alpha value is -1.23. The maximum atomic E-state index is 12.0. The lowest BCUT2D eigenvalue weighted by molar-refractivity contribution is 0.0288. The van der Waals surface area contributed by atoms with E-state index in [9.17, 15) is 4.79 Å². The van der Waals surface area contributed by atoms with Gasteiger partial charge in [0.2, 0.25) is 0 Å². The van der Waals surface area contributed by atoms with E-state index < -0.39 is 5.60 Å². The Morgan fingerprint density at radius 3 is 2.71 bits per heavy atom. The summed E-state index contributed by atoms with van der Waals surface area (Å²) in [5.41, 5.74) is 1.86.